The van der Waals surface area contributed by atoms with E-state index in [0.717, 1.165) is 19.6 Å². The largest absolute Gasteiger partial charge is 0.366 e. The number of hydrogen-bond donors (Lipinski definition) is 1. The lowest BCUT2D eigenvalue weighted by Crippen LogP contribution is -2.26. The molecule has 0 spiro atoms. The predicted molar refractivity (Wildman–Crippen MR) is 89.5 cm³/mol. The molecule has 0 aliphatic carbocycles. The zero-order valence-electron chi connectivity index (χ0n) is 12.6. The van der Waals surface area contributed by atoms with Crippen LogP contribution in [0.4, 0.5) is 5.69 Å². The van der Waals surface area contributed by atoms with Crippen LogP contribution in [-0.2, 0) is 13.1 Å². The monoisotopic (exact) mass is 288 g/mol. The number of hydrogen-bond acceptors (Lipinski definition) is 3. The Hall–Kier alpha value is -1.32. The second kappa shape index (κ2) is 7.46. The highest BCUT2D eigenvalue weighted by Crippen LogP contribution is 2.23. The Morgan fingerprint density at radius 3 is 2.60 bits per heavy atom. The van der Waals surface area contributed by atoms with Crippen LogP contribution in [0.2, 0.25) is 0 Å². The molecule has 2 nitrogen and oxygen atoms in total. The van der Waals surface area contributed by atoms with Gasteiger partial charge in [-0.25, -0.2) is 0 Å². The highest BCUT2D eigenvalue weighted by molar-refractivity contribution is 7.09. The van der Waals surface area contributed by atoms with E-state index >= 15 is 0 Å². The summed E-state index contributed by atoms with van der Waals surface area (Å²) in [6, 6.07) is 13.6. The third-order valence-corrected chi connectivity index (χ3v) is 4.20. The van der Waals surface area contributed by atoms with Gasteiger partial charge in [0.15, 0.2) is 0 Å². The molecule has 2 aromatic rings. The van der Waals surface area contributed by atoms with Crippen LogP contribution in [0.1, 0.15) is 31.2 Å². The molecule has 0 aliphatic heterocycles. The van der Waals surface area contributed by atoms with Crippen molar-refractivity contribution >= 4 is 17.0 Å². The molecule has 0 fully saturated rings. The van der Waals surface area contributed by atoms with Gasteiger partial charge in [0.05, 0.1) is 6.54 Å². The molecule has 1 N–H and O–H groups in total. The molecule has 0 atom stereocenters. The molecule has 0 saturated heterocycles. The second-order valence-corrected chi connectivity index (χ2v) is 6.29. The first-order valence-electron chi connectivity index (χ1n) is 7.29. The topological polar surface area (TPSA) is 15.3 Å². The number of para-hydroxylation sites is 1. The van der Waals surface area contributed by atoms with Gasteiger partial charge in [0.1, 0.15) is 0 Å². The fourth-order valence-electron chi connectivity index (χ4n) is 2.24. The van der Waals surface area contributed by atoms with Crippen LogP contribution in [0.25, 0.3) is 0 Å². The number of benzene rings is 1. The molecule has 20 heavy (non-hydrogen) atoms. The zero-order valence-corrected chi connectivity index (χ0v) is 13.4. The van der Waals surface area contributed by atoms with Crippen molar-refractivity contribution in [2.24, 2.45) is 0 Å². The van der Waals surface area contributed by atoms with Crippen LogP contribution >= 0.6 is 11.3 Å². The van der Waals surface area contributed by atoms with Crippen molar-refractivity contribution < 1.29 is 0 Å². The van der Waals surface area contributed by atoms with Gasteiger partial charge in [-0.3, -0.25) is 0 Å². The average Bonchev–Trinajstić information content (AvgIpc) is 2.96. The summed E-state index contributed by atoms with van der Waals surface area (Å²) in [7, 11) is 0. The Kier molecular flexibility index (Phi) is 5.62. The summed E-state index contributed by atoms with van der Waals surface area (Å²) < 4.78 is 0. The summed E-state index contributed by atoms with van der Waals surface area (Å²) in [6.07, 6.45) is 0. The lowest BCUT2D eigenvalue weighted by molar-refractivity contribution is 0.588. The summed E-state index contributed by atoms with van der Waals surface area (Å²) in [6.45, 7) is 9.54. The molecule has 2 rings (SSSR count). The molecule has 1 aromatic heterocycles. The van der Waals surface area contributed by atoms with Crippen molar-refractivity contribution in [3.63, 3.8) is 0 Å². The van der Waals surface area contributed by atoms with Crippen LogP contribution in [0.15, 0.2) is 41.8 Å². The third kappa shape index (κ3) is 4.09. The molecule has 0 radical (unpaired) electrons. The molecule has 1 aromatic carbocycles. The highest BCUT2D eigenvalue weighted by atomic mass is 32.1. The Balaban J connectivity index is 2.16. The summed E-state index contributed by atoms with van der Waals surface area (Å²) in [5.74, 6) is 0. The van der Waals surface area contributed by atoms with Gasteiger partial charge in [0.25, 0.3) is 0 Å². The van der Waals surface area contributed by atoms with E-state index < -0.39 is 0 Å². The SMILES string of the molecule is CCN(Cc1cccs1)c1ccccc1CNC(C)C. The third-order valence-electron chi connectivity index (χ3n) is 3.34. The maximum atomic E-state index is 3.52. The van der Waals surface area contributed by atoms with Crippen LogP contribution < -0.4 is 10.2 Å². The minimum atomic E-state index is 0.510. The van der Waals surface area contributed by atoms with E-state index in [-0.39, 0.29) is 0 Å². The Morgan fingerprint density at radius 2 is 1.95 bits per heavy atom. The van der Waals surface area contributed by atoms with Gasteiger partial charge in [-0.1, -0.05) is 38.1 Å². The summed E-state index contributed by atoms with van der Waals surface area (Å²) in [5.41, 5.74) is 2.72. The van der Waals surface area contributed by atoms with E-state index in [1.165, 1.54) is 16.1 Å². The van der Waals surface area contributed by atoms with Crippen molar-refractivity contribution in [3.8, 4) is 0 Å². The molecule has 0 amide bonds. The van der Waals surface area contributed by atoms with Gasteiger partial charge < -0.3 is 10.2 Å². The van der Waals surface area contributed by atoms with Gasteiger partial charge in [-0.2, -0.15) is 0 Å². The molecule has 3 heteroatoms. The van der Waals surface area contributed by atoms with E-state index in [9.17, 15) is 0 Å². The Bertz CT molecular complexity index is 505. The molecule has 0 saturated carbocycles. The van der Waals surface area contributed by atoms with Crippen LogP contribution in [-0.4, -0.2) is 12.6 Å². The number of anilines is 1. The van der Waals surface area contributed by atoms with Crippen molar-refractivity contribution in [2.45, 2.75) is 39.9 Å². The van der Waals surface area contributed by atoms with Crippen molar-refractivity contribution in [2.75, 3.05) is 11.4 Å². The van der Waals surface area contributed by atoms with Crippen molar-refractivity contribution in [1.82, 2.24) is 5.32 Å². The smallest absolute Gasteiger partial charge is 0.0522 e. The van der Waals surface area contributed by atoms with E-state index in [1.807, 2.05) is 11.3 Å². The van der Waals surface area contributed by atoms with Gasteiger partial charge in [0.2, 0.25) is 0 Å². The van der Waals surface area contributed by atoms with Crippen molar-refractivity contribution in [3.05, 3.63) is 52.2 Å². The van der Waals surface area contributed by atoms with Gasteiger partial charge >= 0.3 is 0 Å². The minimum absolute atomic E-state index is 0.510. The standard InChI is InChI=1S/C17H24N2S/c1-4-19(13-16-9-7-11-20-16)17-10-6-5-8-15(17)12-18-14(2)3/h5-11,14,18H,4,12-13H2,1-3H3. The fourth-order valence-corrected chi connectivity index (χ4v) is 2.96. The normalized spacial score (nSPS) is 11.0. The zero-order chi connectivity index (χ0) is 14.4. The van der Waals surface area contributed by atoms with Gasteiger partial charge in [0, 0.05) is 29.7 Å². The number of thiophene rings is 1. The first-order chi connectivity index (χ1) is 9.70. The molecule has 1 heterocycles. The van der Waals surface area contributed by atoms with E-state index in [0.29, 0.717) is 6.04 Å². The quantitative estimate of drug-likeness (QED) is 0.818. The number of nitrogens with one attached hydrogen (secondary N) is 1. The number of nitrogens with zero attached hydrogens (tertiary/aromatic N) is 1. The molecule has 0 aliphatic rings. The Morgan fingerprint density at radius 1 is 1.15 bits per heavy atom. The predicted octanol–water partition coefficient (Wildman–Crippen LogP) is 4.27. The first-order valence-corrected chi connectivity index (χ1v) is 8.17. The van der Waals surface area contributed by atoms with Crippen LogP contribution in [0, 0.1) is 0 Å². The molecule has 0 unspecified atom stereocenters. The molecule has 0 bridgehead atoms. The van der Waals surface area contributed by atoms with E-state index in [4.69, 9.17) is 0 Å². The van der Waals surface area contributed by atoms with Gasteiger partial charge in [-0.05, 0) is 30.0 Å². The van der Waals surface area contributed by atoms with E-state index in [2.05, 4.69) is 72.8 Å². The first kappa shape index (κ1) is 15.1. The number of rotatable bonds is 7. The maximum Gasteiger partial charge on any atom is 0.0522 e. The maximum absolute atomic E-state index is 3.52. The fraction of sp³-hybridized carbons (Fsp3) is 0.412. The van der Waals surface area contributed by atoms with Crippen LogP contribution in [0.3, 0.4) is 0 Å². The lowest BCUT2D eigenvalue weighted by atomic mass is 10.1. The van der Waals surface area contributed by atoms with E-state index in [1.54, 1.807) is 0 Å². The summed E-state index contributed by atoms with van der Waals surface area (Å²) >= 11 is 1.83. The molecule has 108 valence electrons. The molecular formula is C17H24N2S. The second-order valence-electron chi connectivity index (χ2n) is 5.26. The van der Waals surface area contributed by atoms with Gasteiger partial charge in [-0.15, -0.1) is 11.3 Å². The van der Waals surface area contributed by atoms with Crippen molar-refractivity contribution in [1.29, 1.82) is 0 Å². The highest BCUT2D eigenvalue weighted by Gasteiger charge is 2.10. The minimum Gasteiger partial charge on any atom is -0.366 e. The lowest BCUT2D eigenvalue weighted by Gasteiger charge is -2.25. The molecular weight excluding hydrogens is 264 g/mol. The van der Waals surface area contributed by atoms with Crippen LogP contribution in [0.5, 0.6) is 0 Å². The summed E-state index contributed by atoms with van der Waals surface area (Å²) in [5, 5.41) is 5.66. The average molecular weight is 288 g/mol. The Labute approximate surface area is 126 Å². The summed E-state index contributed by atoms with van der Waals surface area (Å²) in [4.78, 5) is 3.86.